The van der Waals surface area contributed by atoms with Crippen molar-refractivity contribution in [2.24, 2.45) is 5.92 Å². The topological polar surface area (TPSA) is 42.2 Å². The Bertz CT molecular complexity index is 409. The number of nitrogen functional groups attached to an aromatic ring is 1. The molecule has 0 saturated heterocycles. The number of alkyl halides is 2. The molecule has 1 unspecified atom stereocenters. The molecule has 1 heterocycles. The number of anilines is 2. The fraction of sp³-hybridized carbons (Fsp3) is 0.615. The summed E-state index contributed by atoms with van der Waals surface area (Å²) in [6, 6.07) is 1.82. The Morgan fingerprint density at radius 2 is 2.33 bits per heavy atom. The molecule has 0 amide bonds. The number of hydrogen-bond donors (Lipinski definition) is 1. The van der Waals surface area contributed by atoms with Gasteiger partial charge in [-0.15, -0.1) is 0 Å². The Kier molecular flexibility index (Phi) is 3.68. The second-order valence-corrected chi connectivity index (χ2v) is 5.13. The highest BCUT2D eigenvalue weighted by Crippen LogP contribution is 2.37. The Morgan fingerprint density at radius 3 is 3.00 bits per heavy atom. The minimum atomic E-state index is -2.49. The second-order valence-electron chi connectivity index (χ2n) is 5.13. The van der Waals surface area contributed by atoms with E-state index < -0.39 is 5.92 Å². The summed E-state index contributed by atoms with van der Waals surface area (Å²) in [5.74, 6) is -2.46. The van der Waals surface area contributed by atoms with Crippen molar-refractivity contribution >= 4 is 11.4 Å². The van der Waals surface area contributed by atoms with E-state index >= 15 is 0 Å². The molecule has 1 aromatic heterocycles. The lowest BCUT2D eigenvalue weighted by Crippen LogP contribution is -2.33. The van der Waals surface area contributed by atoms with E-state index in [-0.39, 0.29) is 18.8 Å². The van der Waals surface area contributed by atoms with E-state index in [1.165, 1.54) is 0 Å². The number of halogens is 2. The van der Waals surface area contributed by atoms with Crippen molar-refractivity contribution < 1.29 is 8.78 Å². The molecule has 0 spiro atoms. The maximum absolute atomic E-state index is 13.3. The number of aromatic nitrogens is 1. The van der Waals surface area contributed by atoms with Crippen molar-refractivity contribution in [3.8, 4) is 0 Å². The van der Waals surface area contributed by atoms with E-state index in [2.05, 4.69) is 4.98 Å². The summed E-state index contributed by atoms with van der Waals surface area (Å²) in [6.45, 7) is 0.615. The molecule has 1 aliphatic carbocycles. The molecule has 0 aromatic carbocycles. The molecule has 3 nitrogen and oxygen atoms in total. The molecule has 100 valence electrons. The van der Waals surface area contributed by atoms with Gasteiger partial charge in [-0.25, -0.2) is 8.78 Å². The molecule has 5 heteroatoms. The molecule has 1 saturated carbocycles. The predicted molar refractivity (Wildman–Crippen MR) is 68.8 cm³/mol. The largest absolute Gasteiger partial charge is 0.396 e. The molecule has 1 fully saturated rings. The zero-order chi connectivity index (χ0) is 13.2. The van der Waals surface area contributed by atoms with Gasteiger partial charge >= 0.3 is 0 Å². The van der Waals surface area contributed by atoms with Gasteiger partial charge in [-0.2, -0.15) is 0 Å². The van der Waals surface area contributed by atoms with Gasteiger partial charge in [0.1, 0.15) is 0 Å². The third-order valence-electron chi connectivity index (χ3n) is 3.51. The monoisotopic (exact) mass is 255 g/mol. The van der Waals surface area contributed by atoms with Crippen LogP contribution in [0.3, 0.4) is 0 Å². The molecule has 0 bridgehead atoms. The summed E-state index contributed by atoms with van der Waals surface area (Å²) in [7, 11) is 1.89. The van der Waals surface area contributed by atoms with Crippen LogP contribution in [0.5, 0.6) is 0 Å². The van der Waals surface area contributed by atoms with Gasteiger partial charge < -0.3 is 10.6 Å². The first-order chi connectivity index (χ1) is 8.48. The molecule has 2 N–H and O–H groups in total. The summed E-state index contributed by atoms with van der Waals surface area (Å²) >= 11 is 0. The molecular formula is C13H19F2N3. The molecule has 1 aromatic rings. The summed E-state index contributed by atoms with van der Waals surface area (Å²) < 4.78 is 26.7. The van der Waals surface area contributed by atoms with Crippen LogP contribution in [0.2, 0.25) is 0 Å². The SMILES string of the molecule is CN(CC1CCCC(F)(F)C1)c1ccncc1N. The summed E-state index contributed by atoms with van der Waals surface area (Å²) in [5, 5.41) is 0. The zero-order valence-electron chi connectivity index (χ0n) is 10.6. The second kappa shape index (κ2) is 5.08. The molecule has 1 atom stereocenters. The van der Waals surface area contributed by atoms with Gasteiger partial charge in [0.15, 0.2) is 0 Å². The summed E-state index contributed by atoms with van der Waals surface area (Å²) in [6.07, 6.45) is 4.74. The Balaban J connectivity index is 1.99. The standard InChI is InChI=1S/C13H19F2N3/c1-18(12-4-6-17-8-11(12)16)9-10-3-2-5-13(14,15)7-10/h4,6,8,10H,2-3,5,7,9,16H2,1H3. The Hall–Kier alpha value is -1.39. The minimum absolute atomic E-state index is 0.0116. The van der Waals surface area contributed by atoms with Crippen LogP contribution in [0, 0.1) is 5.92 Å². The van der Waals surface area contributed by atoms with Crippen LogP contribution in [-0.4, -0.2) is 24.5 Å². The maximum Gasteiger partial charge on any atom is 0.248 e. The van der Waals surface area contributed by atoms with Crippen molar-refractivity contribution in [3.63, 3.8) is 0 Å². The first-order valence-electron chi connectivity index (χ1n) is 6.26. The van der Waals surface area contributed by atoms with Crippen molar-refractivity contribution in [1.29, 1.82) is 0 Å². The fourth-order valence-corrected chi connectivity index (χ4v) is 2.66. The van der Waals surface area contributed by atoms with Gasteiger partial charge in [0.25, 0.3) is 0 Å². The van der Waals surface area contributed by atoms with Crippen LogP contribution < -0.4 is 10.6 Å². The van der Waals surface area contributed by atoms with Crippen LogP contribution in [0.1, 0.15) is 25.7 Å². The van der Waals surface area contributed by atoms with Crippen LogP contribution in [-0.2, 0) is 0 Å². The number of nitrogens with zero attached hydrogens (tertiary/aromatic N) is 2. The van der Waals surface area contributed by atoms with Crippen LogP contribution in [0.25, 0.3) is 0 Å². The van der Waals surface area contributed by atoms with Gasteiger partial charge in [0, 0.05) is 32.6 Å². The zero-order valence-corrected chi connectivity index (χ0v) is 10.6. The first-order valence-corrected chi connectivity index (χ1v) is 6.26. The number of rotatable bonds is 3. The number of nitrogens with two attached hydrogens (primary N) is 1. The highest BCUT2D eigenvalue weighted by Gasteiger charge is 2.36. The van der Waals surface area contributed by atoms with Crippen LogP contribution in [0.4, 0.5) is 20.2 Å². The smallest absolute Gasteiger partial charge is 0.248 e. The highest BCUT2D eigenvalue weighted by molar-refractivity contribution is 5.65. The fourth-order valence-electron chi connectivity index (χ4n) is 2.66. The maximum atomic E-state index is 13.3. The predicted octanol–water partition coefficient (Wildman–Crippen LogP) is 2.93. The van der Waals surface area contributed by atoms with E-state index in [1.807, 2.05) is 18.0 Å². The molecule has 0 aliphatic heterocycles. The van der Waals surface area contributed by atoms with Crippen LogP contribution >= 0.6 is 0 Å². The van der Waals surface area contributed by atoms with Crippen molar-refractivity contribution in [3.05, 3.63) is 18.5 Å². The highest BCUT2D eigenvalue weighted by atomic mass is 19.3. The van der Waals surface area contributed by atoms with Crippen molar-refractivity contribution in [2.45, 2.75) is 31.6 Å². The van der Waals surface area contributed by atoms with Gasteiger partial charge in [0.05, 0.1) is 17.6 Å². The van der Waals surface area contributed by atoms with Gasteiger partial charge in [0.2, 0.25) is 5.92 Å². The van der Waals surface area contributed by atoms with Crippen LogP contribution in [0.15, 0.2) is 18.5 Å². The van der Waals surface area contributed by atoms with Gasteiger partial charge in [-0.3, -0.25) is 4.98 Å². The van der Waals surface area contributed by atoms with Gasteiger partial charge in [-0.05, 0) is 24.8 Å². The molecule has 0 radical (unpaired) electrons. The number of pyridine rings is 1. The lowest BCUT2D eigenvalue weighted by molar-refractivity contribution is -0.0509. The average Bonchev–Trinajstić information content (AvgIpc) is 2.28. The normalized spacial score (nSPS) is 22.7. The summed E-state index contributed by atoms with van der Waals surface area (Å²) in [4.78, 5) is 5.87. The molecule has 18 heavy (non-hydrogen) atoms. The molecule has 1 aliphatic rings. The average molecular weight is 255 g/mol. The minimum Gasteiger partial charge on any atom is -0.396 e. The quantitative estimate of drug-likeness (QED) is 0.903. The van der Waals surface area contributed by atoms with E-state index in [4.69, 9.17) is 5.73 Å². The Labute approximate surface area is 106 Å². The van der Waals surface area contributed by atoms with E-state index in [1.54, 1.807) is 12.4 Å². The van der Waals surface area contributed by atoms with Gasteiger partial charge in [-0.1, -0.05) is 0 Å². The molecular weight excluding hydrogens is 236 g/mol. The van der Waals surface area contributed by atoms with Crippen molar-refractivity contribution in [2.75, 3.05) is 24.2 Å². The third kappa shape index (κ3) is 3.09. The number of hydrogen-bond acceptors (Lipinski definition) is 3. The Morgan fingerprint density at radius 1 is 1.56 bits per heavy atom. The first kappa shape index (κ1) is 13.1. The lowest BCUT2D eigenvalue weighted by Gasteiger charge is -2.32. The summed E-state index contributed by atoms with van der Waals surface area (Å²) in [5.41, 5.74) is 7.27. The third-order valence-corrected chi connectivity index (χ3v) is 3.51. The van der Waals surface area contributed by atoms with E-state index in [0.717, 1.165) is 12.1 Å². The van der Waals surface area contributed by atoms with E-state index in [0.29, 0.717) is 18.7 Å². The lowest BCUT2D eigenvalue weighted by atomic mass is 9.86. The molecule has 2 rings (SSSR count). The van der Waals surface area contributed by atoms with Crippen molar-refractivity contribution in [1.82, 2.24) is 4.98 Å². The van der Waals surface area contributed by atoms with E-state index in [9.17, 15) is 8.78 Å².